The number of thiazole rings is 1. The van der Waals surface area contributed by atoms with Crippen LogP contribution >= 0.6 is 11.3 Å². The zero-order chi connectivity index (χ0) is 14.1. The number of rotatable bonds is 3. The summed E-state index contributed by atoms with van der Waals surface area (Å²) in [4.78, 5) is 4.52. The van der Waals surface area contributed by atoms with Gasteiger partial charge in [0.25, 0.3) is 0 Å². The summed E-state index contributed by atoms with van der Waals surface area (Å²) in [7, 11) is 0. The summed E-state index contributed by atoms with van der Waals surface area (Å²) in [6, 6.07) is 4.35. The molecule has 0 saturated heterocycles. The lowest BCUT2D eigenvalue weighted by Crippen LogP contribution is -2.34. The molecular weight excluding hydrogens is 270 g/mol. The van der Waals surface area contributed by atoms with Gasteiger partial charge in [0.05, 0.1) is 26.6 Å². The second-order valence-corrected chi connectivity index (χ2v) is 6.85. The second kappa shape index (κ2) is 5.58. The number of nitrogens with two attached hydrogens (primary N) is 1. The summed E-state index contributed by atoms with van der Waals surface area (Å²) >= 11 is 1.67. The Balaban J connectivity index is 1.87. The Hall–Kier alpha value is -1.33. The molecule has 1 heterocycles. The highest BCUT2D eigenvalue weighted by molar-refractivity contribution is 7.18. The summed E-state index contributed by atoms with van der Waals surface area (Å²) in [6.45, 7) is 2.26. The van der Waals surface area contributed by atoms with E-state index in [0.29, 0.717) is 12.0 Å². The molecule has 2 atom stereocenters. The van der Waals surface area contributed by atoms with Gasteiger partial charge in [0.15, 0.2) is 0 Å². The number of nitrogens with one attached hydrogen (secondary N) is 1. The van der Waals surface area contributed by atoms with Crippen molar-refractivity contribution in [1.29, 1.82) is 0 Å². The minimum Gasteiger partial charge on any atom is -0.397 e. The minimum atomic E-state index is 0.246. The number of aryl methyl sites for hydroxylation is 1. The number of aliphatic hydroxyl groups excluding tert-OH is 1. The molecule has 5 heteroatoms. The monoisotopic (exact) mass is 291 g/mol. The predicted molar refractivity (Wildman–Crippen MR) is 85.2 cm³/mol. The Bertz CT molecular complexity index is 610. The molecule has 1 saturated carbocycles. The van der Waals surface area contributed by atoms with Crippen molar-refractivity contribution in [1.82, 2.24) is 4.98 Å². The van der Waals surface area contributed by atoms with Crippen molar-refractivity contribution in [2.75, 3.05) is 17.7 Å². The number of nitrogens with zero attached hydrogens (tertiary/aromatic N) is 1. The molecule has 1 aromatic heterocycles. The number of aromatic nitrogens is 1. The van der Waals surface area contributed by atoms with Gasteiger partial charge in [0.2, 0.25) is 0 Å². The summed E-state index contributed by atoms with van der Waals surface area (Å²) in [5, 5.41) is 14.1. The summed E-state index contributed by atoms with van der Waals surface area (Å²) < 4.78 is 1.13. The van der Waals surface area contributed by atoms with Crippen LogP contribution in [-0.4, -0.2) is 22.7 Å². The third-order valence-corrected chi connectivity index (χ3v) is 5.08. The highest BCUT2D eigenvalue weighted by Gasteiger charge is 2.24. The molecule has 4 nitrogen and oxygen atoms in total. The first-order valence-electron chi connectivity index (χ1n) is 7.21. The molecule has 1 fully saturated rings. The molecule has 0 bridgehead atoms. The quantitative estimate of drug-likeness (QED) is 0.760. The summed E-state index contributed by atoms with van der Waals surface area (Å²) in [6.07, 6.45) is 4.61. The Kier molecular flexibility index (Phi) is 3.81. The third-order valence-electron chi connectivity index (χ3n) is 4.15. The van der Waals surface area contributed by atoms with E-state index in [1.165, 1.54) is 12.8 Å². The summed E-state index contributed by atoms with van der Waals surface area (Å²) in [5.74, 6) is 0.330. The molecule has 1 aliphatic carbocycles. The van der Waals surface area contributed by atoms with Crippen molar-refractivity contribution in [3.8, 4) is 0 Å². The fourth-order valence-electron chi connectivity index (χ4n) is 3.05. The van der Waals surface area contributed by atoms with Crippen LogP contribution in [0.15, 0.2) is 12.1 Å². The van der Waals surface area contributed by atoms with Gasteiger partial charge in [-0.05, 0) is 31.9 Å². The lowest BCUT2D eigenvalue weighted by molar-refractivity contribution is 0.178. The van der Waals surface area contributed by atoms with Crippen LogP contribution in [-0.2, 0) is 0 Å². The van der Waals surface area contributed by atoms with Gasteiger partial charge in [-0.1, -0.05) is 12.8 Å². The maximum atomic E-state index is 9.50. The van der Waals surface area contributed by atoms with Gasteiger partial charge in [-0.3, -0.25) is 0 Å². The van der Waals surface area contributed by atoms with Crippen molar-refractivity contribution in [3.05, 3.63) is 17.1 Å². The van der Waals surface area contributed by atoms with Crippen LogP contribution in [0.3, 0.4) is 0 Å². The van der Waals surface area contributed by atoms with Crippen molar-refractivity contribution in [2.24, 2.45) is 5.92 Å². The average molecular weight is 291 g/mol. The van der Waals surface area contributed by atoms with E-state index in [2.05, 4.69) is 10.3 Å². The SMILES string of the molecule is Cc1nc2cc(NC3CCCCC3CO)c(N)cc2s1. The first-order valence-corrected chi connectivity index (χ1v) is 8.03. The number of anilines is 2. The van der Waals surface area contributed by atoms with Gasteiger partial charge in [-0.2, -0.15) is 0 Å². The molecule has 108 valence electrons. The fraction of sp³-hybridized carbons (Fsp3) is 0.533. The lowest BCUT2D eigenvalue weighted by Gasteiger charge is -2.32. The van der Waals surface area contributed by atoms with E-state index in [1.54, 1.807) is 11.3 Å². The van der Waals surface area contributed by atoms with Gasteiger partial charge in [0.1, 0.15) is 0 Å². The van der Waals surface area contributed by atoms with E-state index in [9.17, 15) is 5.11 Å². The topological polar surface area (TPSA) is 71.2 Å². The first-order chi connectivity index (χ1) is 9.67. The molecule has 2 unspecified atom stereocenters. The van der Waals surface area contributed by atoms with Crippen LogP contribution in [0.4, 0.5) is 11.4 Å². The standard InChI is InChI=1S/C15H21N3OS/c1-9-17-14-7-13(11(16)6-15(14)20-9)18-12-5-3-2-4-10(12)8-19/h6-7,10,12,18-19H,2-5,8,16H2,1H3. The highest BCUT2D eigenvalue weighted by Crippen LogP contribution is 2.33. The van der Waals surface area contributed by atoms with E-state index in [1.807, 2.05) is 19.1 Å². The maximum absolute atomic E-state index is 9.50. The molecule has 0 spiro atoms. The van der Waals surface area contributed by atoms with E-state index in [0.717, 1.165) is 39.4 Å². The zero-order valence-electron chi connectivity index (χ0n) is 11.7. The first kappa shape index (κ1) is 13.6. The van der Waals surface area contributed by atoms with E-state index < -0.39 is 0 Å². The molecule has 0 aliphatic heterocycles. The number of hydrogen-bond donors (Lipinski definition) is 3. The van der Waals surface area contributed by atoms with Gasteiger partial charge in [-0.15, -0.1) is 11.3 Å². The number of aliphatic hydroxyl groups is 1. The van der Waals surface area contributed by atoms with Crippen LogP contribution in [0.2, 0.25) is 0 Å². The molecule has 0 radical (unpaired) electrons. The van der Waals surface area contributed by atoms with Gasteiger partial charge in [-0.25, -0.2) is 4.98 Å². The summed E-state index contributed by atoms with van der Waals surface area (Å²) in [5.41, 5.74) is 8.87. The maximum Gasteiger partial charge on any atom is 0.0907 e. The minimum absolute atomic E-state index is 0.246. The third kappa shape index (κ3) is 2.60. The molecule has 1 aliphatic rings. The van der Waals surface area contributed by atoms with Crippen molar-refractivity contribution < 1.29 is 5.11 Å². The van der Waals surface area contributed by atoms with Crippen molar-refractivity contribution in [2.45, 2.75) is 38.6 Å². The lowest BCUT2D eigenvalue weighted by atomic mass is 9.85. The Morgan fingerprint density at radius 3 is 3.00 bits per heavy atom. The fourth-order valence-corrected chi connectivity index (χ4v) is 3.90. The van der Waals surface area contributed by atoms with Crippen LogP contribution in [0.25, 0.3) is 10.2 Å². The van der Waals surface area contributed by atoms with Gasteiger partial charge >= 0.3 is 0 Å². The molecule has 3 rings (SSSR count). The molecule has 2 aromatic rings. The predicted octanol–water partition coefficient (Wildman–Crippen LogP) is 3.15. The number of fused-ring (bicyclic) bond motifs is 1. The van der Waals surface area contributed by atoms with Crippen molar-refractivity contribution in [3.63, 3.8) is 0 Å². The molecular formula is C15H21N3OS. The smallest absolute Gasteiger partial charge is 0.0907 e. The molecule has 4 N–H and O–H groups in total. The second-order valence-electron chi connectivity index (χ2n) is 5.62. The normalized spacial score (nSPS) is 23.1. The van der Waals surface area contributed by atoms with E-state index in [4.69, 9.17) is 5.73 Å². The average Bonchev–Trinajstić information content (AvgIpc) is 2.79. The van der Waals surface area contributed by atoms with E-state index in [-0.39, 0.29) is 6.61 Å². The van der Waals surface area contributed by atoms with Crippen LogP contribution in [0, 0.1) is 12.8 Å². The van der Waals surface area contributed by atoms with E-state index >= 15 is 0 Å². The van der Waals surface area contributed by atoms with Gasteiger partial charge < -0.3 is 16.2 Å². The van der Waals surface area contributed by atoms with Crippen LogP contribution < -0.4 is 11.1 Å². The van der Waals surface area contributed by atoms with Crippen molar-refractivity contribution >= 4 is 32.9 Å². The van der Waals surface area contributed by atoms with Gasteiger partial charge in [0, 0.05) is 18.6 Å². The van der Waals surface area contributed by atoms with Crippen LogP contribution in [0.5, 0.6) is 0 Å². The Morgan fingerprint density at radius 2 is 2.20 bits per heavy atom. The Labute approximate surface area is 123 Å². The van der Waals surface area contributed by atoms with Crippen LogP contribution in [0.1, 0.15) is 30.7 Å². The molecule has 20 heavy (non-hydrogen) atoms. The molecule has 0 amide bonds. The number of nitrogen functional groups attached to an aromatic ring is 1. The molecule has 1 aromatic carbocycles. The number of hydrogen-bond acceptors (Lipinski definition) is 5. The zero-order valence-corrected chi connectivity index (χ0v) is 12.5. The number of benzene rings is 1. The highest BCUT2D eigenvalue weighted by atomic mass is 32.1. The largest absolute Gasteiger partial charge is 0.397 e. The Morgan fingerprint density at radius 1 is 1.40 bits per heavy atom.